The van der Waals surface area contributed by atoms with E-state index >= 15 is 0 Å². The Kier molecular flexibility index (Phi) is 25.8. The van der Waals surface area contributed by atoms with Crippen molar-refractivity contribution in [3.8, 4) is 66.8 Å². The third-order valence-corrected chi connectivity index (χ3v) is 21.4. The molecule has 0 N–H and O–H groups in total. The molecule has 0 radical (unpaired) electrons. The fourth-order valence-corrected chi connectivity index (χ4v) is 16.6. The van der Waals surface area contributed by atoms with Crippen LogP contribution in [0.1, 0.15) is 41.5 Å². The van der Waals surface area contributed by atoms with E-state index in [1.807, 2.05) is 134 Å². The van der Waals surface area contributed by atoms with Crippen molar-refractivity contribution in [3.63, 3.8) is 0 Å². The molecular formula is C87H81ClN9NaO5S3. The number of aromatic nitrogens is 3. The molecule has 9 aromatic carbocycles. The Morgan fingerprint density at radius 3 is 1.02 bits per heavy atom. The molecule has 530 valence electrons. The van der Waals surface area contributed by atoms with E-state index in [-0.39, 0.29) is 71.1 Å². The Morgan fingerprint density at radius 2 is 0.679 bits per heavy atom. The molecule has 3 aliphatic heterocycles. The predicted molar refractivity (Wildman–Crippen MR) is 436 cm³/mol. The quantitative estimate of drug-likeness (QED) is 0.0529. The average Bonchev–Trinajstić information content (AvgIpc) is 0.744. The first-order valence-electron chi connectivity index (χ1n) is 34.9. The second-order valence-corrected chi connectivity index (χ2v) is 29.8. The minimum atomic E-state index is -3.57. The maximum Gasteiger partial charge on any atom is 1.00 e. The summed E-state index contributed by atoms with van der Waals surface area (Å²) in [4.78, 5) is 33.4. The largest absolute Gasteiger partial charge is 1.00 e. The molecule has 0 unspecified atom stereocenters. The van der Waals surface area contributed by atoms with E-state index in [4.69, 9.17) is 60.5 Å². The Bertz CT molecular complexity index is 5320. The molecular weight excluding hydrogens is 1410 g/mol. The standard InChI is InChI=1S/C29H27N3O3S.C29H27N3OS.C28H24ClN3O.CH4S.Na/c1-19-17-32(18-20(2)35-19)24-14-10-22(11-15-24)27-16-31-28-25(21-8-12-23(30-3)13-9-21)6-5-7-26(28)29(27)36(4,33)34;1-19-17-32(18-20(2)33-19)24-14-10-22(11-15-24)27-16-31-28-25(6-5-7-26(28)29(27)34-4)21-8-12-23(30-3)13-9-21;1-18-16-32(17-19(2)33-18)23-13-9-21(10-14-23)26-15-31-28-24(5-4-6-25(28)27(26)29)20-7-11-22(30-3)12-8-20;1-2;/h5-16,19-20H,17-18H2,1-2,4H3;5-16,19-20H,17-18H2,1-2,4H3;4-15,18-19H,16-17H2,1-2H3;2H,1H3;/q;;;;+1/p-1/t2*19-,20+;18-,19+;;. The third-order valence-electron chi connectivity index (χ3n) is 18.9. The molecule has 12 aromatic rings. The molecule has 3 fully saturated rings. The van der Waals surface area contributed by atoms with Gasteiger partial charge in [-0.1, -0.05) is 175 Å². The molecule has 6 heterocycles. The molecule has 3 aromatic heterocycles. The Hall–Kier alpha value is -9.10. The van der Waals surface area contributed by atoms with Gasteiger partial charge in [-0.25, -0.2) is 23.0 Å². The van der Waals surface area contributed by atoms with Gasteiger partial charge in [0.1, 0.15) is 0 Å². The van der Waals surface area contributed by atoms with Crippen molar-refractivity contribution in [2.75, 3.05) is 72.7 Å². The molecule has 106 heavy (non-hydrogen) atoms. The number of hydrogen-bond acceptors (Lipinski definition) is 13. The number of halogens is 1. The summed E-state index contributed by atoms with van der Waals surface area (Å²) in [6.07, 6.45) is 11.7. The Morgan fingerprint density at radius 1 is 0.406 bits per heavy atom. The van der Waals surface area contributed by atoms with Crippen molar-refractivity contribution in [2.24, 2.45) is 0 Å². The molecule has 0 spiro atoms. The van der Waals surface area contributed by atoms with Crippen molar-refractivity contribution in [3.05, 3.63) is 258 Å². The zero-order valence-corrected chi connectivity index (χ0v) is 66.4. The van der Waals surface area contributed by atoms with Crippen LogP contribution >= 0.6 is 23.4 Å². The van der Waals surface area contributed by atoms with Crippen LogP contribution in [0.4, 0.5) is 34.1 Å². The number of sulfone groups is 1. The van der Waals surface area contributed by atoms with Crippen LogP contribution in [-0.4, -0.2) is 118 Å². The summed E-state index contributed by atoms with van der Waals surface area (Å²) in [6.45, 7) is 39.4. The Labute approximate surface area is 659 Å². The van der Waals surface area contributed by atoms with Crippen LogP contribution in [-0.2, 0) is 36.7 Å². The molecule has 3 aliphatic rings. The SMILES string of the molecule is C[S-].[C-]#[N+]c1ccc(-c2cccc3c(Cl)c(-c4ccc(N5C[C@@H](C)O[C@@H](C)C5)cc4)cnc23)cc1.[C-]#[N+]c1ccc(-c2cccc3c(S(C)(=O)=O)c(-c4ccc(N5C[C@@H](C)O[C@@H](C)C5)cc4)cnc23)cc1.[C-]#[N+]c1ccc(-c2cccc3c(SC)c(-c4ccc(N5C[C@@H](C)O[C@@H](C)C5)cc4)cnc23)cc1.[Na+]. The molecule has 3 saturated heterocycles. The van der Waals surface area contributed by atoms with E-state index in [2.05, 4.69) is 156 Å². The van der Waals surface area contributed by atoms with E-state index in [1.165, 1.54) is 28.1 Å². The minimum absolute atomic E-state index is 0. The van der Waals surface area contributed by atoms with Gasteiger partial charge in [-0.15, -0.1) is 11.8 Å². The van der Waals surface area contributed by atoms with Gasteiger partial charge >= 0.3 is 29.6 Å². The van der Waals surface area contributed by atoms with E-state index in [9.17, 15) is 8.42 Å². The van der Waals surface area contributed by atoms with Crippen molar-refractivity contribution in [1.29, 1.82) is 0 Å². The monoisotopic (exact) mass is 1490 g/mol. The van der Waals surface area contributed by atoms with Crippen molar-refractivity contribution in [2.45, 2.75) is 88.0 Å². The predicted octanol–water partition coefficient (Wildman–Crippen LogP) is 18.1. The van der Waals surface area contributed by atoms with Crippen LogP contribution in [0.2, 0.25) is 5.02 Å². The smallest absolute Gasteiger partial charge is 0.796 e. The van der Waals surface area contributed by atoms with E-state index in [0.29, 0.717) is 38.6 Å². The molecule has 0 amide bonds. The van der Waals surface area contributed by atoms with Crippen molar-refractivity contribution >= 4 is 113 Å². The van der Waals surface area contributed by atoms with Gasteiger partial charge in [0.15, 0.2) is 26.9 Å². The van der Waals surface area contributed by atoms with Gasteiger partial charge < -0.3 is 41.5 Å². The van der Waals surface area contributed by atoms with Gasteiger partial charge in [-0.2, -0.15) is 6.26 Å². The first-order chi connectivity index (χ1) is 50.8. The van der Waals surface area contributed by atoms with E-state index in [1.54, 1.807) is 36.3 Å². The number of fused-ring (bicyclic) bond motifs is 3. The van der Waals surface area contributed by atoms with E-state index < -0.39 is 9.84 Å². The van der Waals surface area contributed by atoms with Gasteiger partial charge in [0.2, 0.25) is 0 Å². The van der Waals surface area contributed by atoms with Gasteiger partial charge in [0.05, 0.1) is 82.8 Å². The molecule has 14 nitrogen and oxygen atoms in total. The summed E-state index contributed by atoms with van der Waals surface area (Å²) < 4.78 is 43.7. The summed E-state index contributed by atoms with van der Waals surface area (Å²) in [6, 6.07) is 65.9. The van der Waals surface area contributed by atoms with Gasteiger partial charge in [-0.05, 0) is 118 Å². The Balaban J connectivity index is 0.000000156. The summed E-state index contributed by atoms with van der Waals surface area (Å²) in [5, 5.41) is 3.35. The zero-order chi connectivity index (χ0) is 74.1. The summed E-state index contributed by atoms with van der Waals surface area (Å²) in [5.74, 6) is 0. The number of anilines is 3. The maximum absolute atomic E-state index is 13.1. The van der Waals surface area contributed by atoms with Crippen LogP contribution in [0.3, 0.4) is 0 Å². The zero-order valence-electron chi connectivity index (χ0n) is 61.2. The number of benzene rings is 9. The number of ether oxygens (including phenoxy) is 3. The molecule has 0 aliphatic carbocycles. The maximum atomic E-state index is 13.1. The first-order valence-corrected chi connectivity index (χ1v) is 39.2. The summed E-state index contributed by atoms with van der Waals surface area (Å²) >= 11 is 12.7. The molecule has 15 rings (SSSR count). The van der Waals surface area contributed by atoms with E-state index in [0.717, 1.165) is 122 Å². The van der Waals surface area contributed by atoms with Crippen LogP contribution in [0.5, 0.6) is 0 Å². The van der Waals surface area contributed by atoms with Crippen LogP contribution in [0.25, 0.3) is 114 Å². The number of para-hydroxylation sites is 3. The number of nitrogens with zero attached hydrogens (tertiary/aromatic N) is 9. The second kappa shape index (κ2) is 35.1. The number of hydrogen-bond donors (Lipinski definition) is 0. The van der Waals surface area contributed by atoms with Crippen molar-refractivity contribution < 1.29 is 52.2 Å². The van der Waals surface area contributed by atoms with Crippen LogP contribution < -0.4 is 44.3 Å². The number of pyridine rings is 3. The van der Waals surface area contributed by atoms with Gasteiger partial charge in [0.25, 0.3) is 0 Å². The average molecular weight is 1490 g/mol. The summed E-state index contributed by atoms with van der Waals surface area (Å²) in [5.41, 5.74) is 19.3. The summed E-state index contributed by atoms with van der Waals surface area (Å²) in [7, 11) is -3.57. The normalized spacial score (nSPS) is 17.8. The van der Waals surface area contributed by atoms with Gasteiger partial charge in [0, 0.05) is 136 Å². The third kappa shape index (κ3) is 17.6. The molecule has 0 saturated carbocycles. The number of morpholine rings is 3. The second-order valence-electron chi connectivity index (χ2n) is 26.7. The van der Waals surface area contributed by atoms with Gasteiger partial charge in [-0.3, -0.25) is 15.0 Å². The number of thioether (sulfide) groups is 1. The number of rotatable bonds is 11. The topological polar surface area (TPSA) is 123 Å². The molecule has 19 heteroatoms. The van der Waals surface area contributed by atoms with Crippen LogP contribution in [0.15, 0.2) is 229 Å². The first kappa shape index (κ1) is 78.0. The minimum Gasteiger partial charge on any atom is -0.796 e. The molecule has 0 bridgehead atoms. The fraction of sp³-hybridized carbons (Fsp3) is 0.241. The fourth-order valence-electron chi connectivity index (χ4n) is 14.4. The van der Waals surface area contributed by atoms with Crippen molar-refractivity contribution in [1.82, 2.24) is 15.0 Å². The van der Waals surface area contributed by atoms with Crippen LogP contribution in [0, 0.1) is 19.7 Å². The molecule has 6 atom stereocenters.